The molecule has 0 amide bonds. The van der Waals surface area contributed by atoms with Crippen molar-refractivity contribution in [2.24, 2.45) is 0 Å². The number of nitrogens with one attached hydrogen (secondary N) is 1. The Balaban J connectivity index is 1.44. The summed E-state index contributed by atoms with van der Waals surface area (Å²) in [7, 11) is 0. The highest BCUT2D eigenvalue weighted by Crippen LogP contribution is 2.28. The van der Waals surface area contributed by atoms with Gasteiger partial charge in [-0.1, -0.05) is 30.3 Å². The molecule has 6 nitrogen and oxygen atoms in total. The zero-order valence-electron chi connectivity index (χ0n) is 13.7. The van der Waals surface area contributed by atoms with E-state index in [-0.39, 0.29) is 0 Å². The number of benzene rings is 1. The van der Waals surface area contributed by atoms with E-state index in [0.29, 0.717) is 5.92 Å². The number of aromatic amines is 1. The first-order valence-corrected chi connectivity index (χ1v) is 8.31. The molecular weight excluding hydrogens is 300 g/mol. The molecule has 0 radical (unpaired) electrons. The van der Waals surface area contributed by atoms with E-state index in [2.05, 4.69) is 25.1 Å². The minimum absolute atomic E-state index is 0.420. The van der Waals surface area contributed by atoms with E-state index in [4.69, 9.17) is 4.98 Å². The molecule has 24 heavy (non-hydrogen) atoms. The third kappa shape index (κ3) is 2.99. The van der Waals surface area contributed by atoms with E-state index in [0.717, 1.165) is 54.7 Å². The largest absolute Gasteiger partial charge is 0.355 e. The highest BCUT2D eigenvalue weighted by Gasteiger charge is 2.24. The van der Waals surface area contributed by atoms with E-state index >= 15 is 0 Å². The van der Waals surface area contributed by atoms with Gasteiger partial charge in [-0.25, -0.2) is 9.97 Å². The summed E-state index contributed by atoms with van der Waals surface area (Å²) in [4.78, 5) is 15.8. The van der Waals surface area contributed by atoms with Crippen LogP contribution in [0.2, 0.25) is 0 Å². The molecule has 2 aromatic heterocycles. The average molecular weight is 320 g/mol. The van der Waals surface area contributed by atoms with Gasteiger partial charge in [0.15, 0.2) is 5.82 Å². The van der Waals surface area contributed by atoms with Gasteiger partial charge < -0.3 is 4.90 Å². The molecule has 0 unspecified atom stereocenters. The van der Waals surface area contributed by atoms with Crippen molar-refractivity contribution in [2.45, 2.75) is 25.7 Å². The quantitative estimate of drug-likeness (QED) is 0.803. The first-order valence-electron chi connectivity index (χ1n) is 8.31. The number of aromatic nitrogens is 5. The van der Waals surface area contributed by atoms with Crippen molar-refractivity contribution in [1.82, 2.24) is 25.1 Å². The first kappa shape index (κ1) is 14.8. The standard InChI is InChI=1S/C18H20N6/c1-13-11-19-12-16(20-13)24-9-7-15(8-10-24)18-21-17(22-23-18)14-5-3-2-4-6-14/h2-6,11-12,15H,7-10H2,1H3,(H,21,22,23). The molecule has 122 valence electrons. The summed E-state index contributed by atoms with van der Waals surface area (Å²) in [5.74, 6) is 3.15. The normalized spacial score (nSPS) is 15.6. The average Bonchev–Trinajstić information content (AvgIpc) is 3.13. The maximum absolute atomic E-state index is 4.70. The Morgan fingerprint density at radius 1 is 1.04 bits per heavy atom. The molecule has 0 aliphatic carbocycles. The van der Waals surface area contributed by atoms with Crippen molar-refractivity contribution in [3.8, 4) is 11.4 Å². The highest BCUT2D eigenvalue weighted by atomic mass is 15.2. The molecule has 0 bridgehead atoms. The van der Waals surface area contributed by atoms with Crippen LogP contribution in [0.25, 0.3) is 11.4 Å². The van der Waals surface area contributed by atoms with Gasteiger partial charge >= 0.3 is 0 Å². The Labute approximate surface area is 141 Å². The van der Waals surface area contributed by atoms with Crippen molar-refractivity contribution in [3.63, 3.8) is 0 Å². The Morgan fingerprint density at radius 3 is 2.58 bits per heavy atom. The summed E-state index contributed by atoms with van der Waals surface area (Å²) in [5.41, 5.74) is 2.00. The lowest BCUT2D eigenvalue weighted by molar-refractivity contribution is 0.484. The maximum Gasteiger partial charge on any atom is 0.181 e. The third-order valence-electron chi connectivity index (χ3n) is 4.48. The van der Waals surface area contributed by atoms with E-state index < -0.39 is 0 Å². The fraction of sp³-hybridized carbons (Fsp3) is 0.333. The van der Waals surface area contributed by atoms with Crippen LogP contribution in [0.15, 0.2) is 42.7 Å². The van der Waals surface area contributed by atoms with Gasteiger partial charge in [0.2, 0.25) is 0 Å². The van der Waals surface area contributed by atoms with Crippen molar-refractivity contribution in [1.29, 1.82) is 0 Å². The minimum Gasteiger partial charge on any atom is -0.355 e. The number of hydrogen-bond donors (Lipinski definition) is 1. The van der Waals surface area contributed by atoms with Gasteiger partial charge in [0, 0.05) is 30.8 Å². The molecular formula is C18H20N6. The van der Waals surface area contributed by atoms with E-state index in [1.54, 1.807) is 6.20 Å². The van der Waals surface area contributed by atoms with Gasteiger partial charge in [0.25, 0.3) is 0 Å². The predicted molar refractivity (Wildman–Crippen MR) is 92.8 cm³/mol. The Kier molecular flexibility index (Phi) is 3.94. The lowest BCUT2D eigenvalue weighted by Crippen LogP contribution is -2.34. The maximum atomic E-state index is 4.70. The van der Waals surface area contributed by atoms with Crippen LogP contribution >= 0.6 is 0 Å². The van der Waals surface area contributed by atoms with Gasteiger partial charge in [-0.15, -0.1) is 0 Å². The Bertz CT molecular complexity index is 805. The van der Waals surface area contributed by atoms with Crippen LogP contribution < -0.4 is 4.90 Å². The lowest BCUT2D eigenvalue weighted by Gasteiger charge is -2.31. The summed E-state index contributed by atoms with van der Waals surface area (Å²) >= 11 is 0. The third-order valence-corrected chi connectivity index (χ3v) is 4.48. The van der Waals surface area contributed by atoms with Crippen molar-refractivity contribution in [2.75, 3.05) is 18.0 Å². The van der Waals surface area contributed by atoms with Gasteiger partial charge in [0.1, 0.15) is 11.6 Å². The molecule has 3 aromatic rings. The molecule has 0 spiro atoms. The smallest absolute Gasteiger partial charge is 0.181 e. The molecule has 6 heteroatoms. The predicted octanol–water partition coefficient (Wildman–Crippen LogP) is 2.95. The molecule has 1 aliphatic heterocycles. The van der Waals surface area contributed by atoms with E-state index in [1.807, 2.05) is 43.5 Å². The molecule has 0 atom stereocenters. The van der Waals surface area contributed by atoms with Crippen molar-refractivity contribution >= 4 is 5.82 Å². The van der Waals surface area contributed by atoms with Crippen LogP contribution in [0.3, 0.4) is 0 Å². The summed E-state index contributed by atoms with van der Waals surface area (Å²) in [5, 5.41) is 7.51. The molecule has 1 aromatic carbocycles. The van der Waals surface area contributed by atoms with Crippen LogP contribution in [0.1, 0.15) is 30.3 Å². The topological polar surface area (TPSA) is 70.6 Å². The second kappa shape index (κ2) is 6.39. The van der Waals surface area contributed by atoms with Crippen molar-refractivity contribution in [3.05, 3.63) is 54.2 Å². The fourth-order valence-electron chi connectivity index (χ4n) is 3.16. The summed E-state index contributed by atoms with van der Waals surface area (Å²) < 4.78 is 0. The number of piperidine rings is 1. The second-order valence-electron chi connectivity index (χ2n) is 6.19. The molecule has 1 saturated heterocycles. The molecule has 3 heterocycles. The zero-order valence-corrected chi connectivity index (χ0v) is 13.7. The van der Waals surface area contributed by atoms with E-state index in [1.165, 1.54) is 0 Å². The Hall–Kier alpha value is -2.76. The molecule has 1 fully saturated rings. The lowest BCUT2D eigenvalue weighted by atomic mass is 9.96. The molecule has 1 N–H and O–H groups in total. The minimum atomic E-state index is 0.420. The summed E-state index contributed by atoms with van der Waals surface area (Å²) in [6.45, 7) is 3.90. The molecule has 4 rings (SSSR count). The highest BCUT2D eigenvalue weighted by molar-refractivity contribution is 5.54. The van der Waals surface area contributed by atoms with Gasteiger partial charge in [-0.2, -0.15) is 5.10 Å². The summed E-state index contributed by atoms with van der Waals surface area (Å²) in [6, 6.07) is 10.1. The number of anilines is 1. The van der Waals surface area contributed by atoms with Crippen LogP contribution in [0, 0.1) is 6.92 Å². The number of nitrogens with zero attached hydrogens (tertiary/aromatic N) is 5. The number of aryl methyl sites for hydroxylation is 1. The SMILES string of the molecule is Cc1cncc(N2CCC(c3nc(-c4ccccc4)n[nH]3)CC2)n1. The number of H-pyrrole nitrogens is 1. The van der Waals surface area contributed by atoms with E-state index in [9.17, 15) is 0 Å². The van der Waals surface area contributed by atoms with Crippen LogP contribution in [-0.2, 0) is 0 Å². The summed E-state index contributed by atoms with van der Waals surface area (Å²) in [6.07, 6.45) is 5.71. The van der Waals surface area contributed by atoms with Crippen LogP contribution in [0.5, 0.6) is 0 Å². The number of rotatable bonds is 3. The zero-order chi connectivity index (χ0) is 16.4. The second-order valence-corrected chi connectivity index (χ2v) is 6.19. The van der Waals surface area contributed by atoms with Gasteiger partial charge in [-0.05, 0) is 19.8 Å². The Morgan fingerprint density at radius 2 is 1.83 bits per heavy atom. The molecule has 0 saturated carbocycles. The fourth-order valence-corrected chi connectivity index (χ4v) is 3.16. The molecule has 1 aliphatic rings. The van der Waals surface area contributed by atoms with Crippen LogP contribution in [0.4, 0.5) is 5.82 Å². The monoisotopic (exact) mass is 320 g/mol. The first-order chi connectivity index (χ1) is 11.8. The van der Waals surface area contributed by atoms with Crippen molar-refractivity contribution < 1.29 is 0 Å². The number of hydrogen-bond acceptors (Lipinski definition) is 5. The van der Waals surface area contributed by atoms with Crippen LogP contribution in [-0.4, -0.2) is 38.2 Å². The van der Waals surface area contributed by atoms with Gasteiger partial charge in [-0.3, -0.25) is 10.1 Å². The van der Waals surface area contributed by atoms with Gasteiger partial charge in [0.05, 0.1) is 11.9 Å².